The molecule has 2 aromatic rings. The molecule has 0 radical (unpaired) electrons. The number of aryl methyl sites for hydroxylation is 1. The van der Waals surface area contributed by atoms with Crippen LogP contribution in [0.3, 0.4) is 0 Å². The molecule has 0 unspecified atom stereocenters. The zero-order chi connectivity index (χ0) is 12.6. The lowest BCUT2D eigenvalue weighted by molar-refractivity contribution is 0.275. The standard InChI is InChI=1S/C12H16N4O2/c1-8-7-9(15-17-8)10-14-11(16-18-10)12(13)5-3-2-4-6-12/h7H,2-6,13H2,1H3. The molecule has 1 aliphatic rings. The van der Waals surface area contributed by atoms with Crippen LogP contribution in [0.15, 0.2) is 15.1 Å². The summed E-state index contributed by atoms with van der Waals surface area (Å²) in [7, 11) is 0. The zero-order valence-corrected chi connectivity index (χ0v) is 10.3. The van der Waals surface area contributed by atoms with Crippen molar-refractivity contribution in [2.24, 2.45) is 5.73 Å². The Hall–Kier alpha value is -1.69. The van der Waals surface area contributed by atoms with E-state index >= 15 is 0 Å². The first-order chi connectivity index (χ1) is 8.67. The van der Waals surface area contributed by atoms with E-state index in [9.17, 15) is 0 Å². The Bertz CT molecular complexity index is 540. The Morgan fingerprint density at radius 3 is 2.61 bits per heavy atom. The Morgan fingerprint density at radius 2 is 1.94 bits per heavy atom. The van der Waals surface area contributed by atoms with Gasteiger partial charge >= 0.3 is 0 Å². The van der Waals surface area contributed by atoms with E-state index in [-0.39, 0.29) is 0 Å². The zero-order valence-electron chi connectivity index (χ0n) is 10.3. The van der Waals surface area contributed by atoms with Crippen molar-refractivity contribution < 1.29 is 9.05 Å². The van der Waals surface area contributed by atoms with E-state index in [4.69, 9.17) is 14.8 Å². The predicted octanol–water partition coefficient (Wildman–Crippen LogP) is 2.15. The van der Waals surface area contributed by atoms with Crippen LogP contribution in [0.4, 0.5) is 0 Å². The van der Waals surface area contributed by atoms with Gasteiger partial charge in [0.1, 0.15) is 5.76 Å². The van der Waals surface area contributed by atoms with Gasteiger partial charge in [-0.3, -0.25) is 0 Å². The van der Waals surface area contributed by atoms with Crippen molar-refractivity contribution in [1.29, 1.82) is 0 Å². The number of hydrogen-bond acceptors (Lipinski definition) is 6. The van der Waals surface area contributed by atoms with Gasteiger partial charge < -0.3 is 14.8 Å². The molecule has 2 aromatic heterocycles. The lowest BCUT2D eigenvalue weighted by Crippen LogP contribution is -2.39. The smallest absolute Gasteiger partial charge is 0.280 e. The fourth-order valence-corrected chi connectivity index (χ4v) is 2.40. The molecule has 0 bridgehead atoms. The highest BCUT2D eigenvalue weighted by atomic mass is 16.5. The average molecular weight is 248 g/mol. The quantitative estimate of drug-likeness (QED) is 0.875. The number of nitrogens with two attached hydrogens (primary N) is 1. The number of nitrogens with zero attached hydrogens (tertiary/aromatic N) is 3. The summed E-state index contributed by atoms with van der Waals surface area (Å²) >= 11 is 0. The van der Waals surface area contributed by atoms with Gasteiger partial charge in [0.05, 0.1) is 5.54 Å². The third-order valence-electron chi connectivity index (χ3n) is 3.46. The molecule has 0 amide bonds. The maximum absolute atomic E-state index is 6.35. The van der Waals surface area contributed by atoms with Crippen molar-refractivity contribution in [2.75, 3.05) is 0 Å². The summed E-state index contributed by atoms with van der Waals surface area (Å²) in [6.07, 6.45) is 5.27. The molecule has 18 heavy (non-hydrogen) atoms. The van der Waals surface area contributed by atoms with Crippen molar-refractivity contribution in [2.45, 2.75) is 44.6 Å². The number of rotatable bonds is 2. The summed E-state index contributed by atoms with van der Waals surface area (Å²) < 4.78 is 10.2. The topological polar surface area (TPSA) is 91.0 Å². The number of hydrogen-bond donors (Lipinski definition) is 1. The highest BCUT2D eigenvalue weighted by Crippen LogP contribution is 2.33. The van der Waals surface area contributed by atoms with E-state index in [0.717, 1.165) is 25.7 Å². The Balaban J connectivity index is 1.89. The Kier molecular flexibility index (Phi) is 2.66. The van der Waals surface area contributed by atoms with Gasteiger partial charge in [-0.2, -0.15) is 4.98 Å². The second-order valence-corrected chi connectivity index (χ2v) is 4.96. The molecule has 3 rings (SSSR count). The van der Waals surface area contributed by atoms with Crippen LogP contribution in [0.1, 0.15) is 43.7 Å². The molecule has 0 aliphatic heterocycles. The van der Waals surface area contributed by atoms with Crippen LogP contribution >= 0.6 is 0 Å². The maximum Gasteiger partial charge on any atom is 0.280 e. The largest absolute Gasteiger partial charge is 0.361 e. The molecule has 0 atom stereocenters. The first-order valence-corrected chi connectivity index (χ1v) is 6.24. The summed E-state index contributed by atoms with van der Waals surface area (Å²) in [5.74, 6) is 1.67. The number of aromatic nitrogens is 3. The minimum atomic E-state index is -0.446. The summed E-state index contributed by atoms with van der Waals surface area (Å²) in [5.41, 5.74) is 6.46. The lowest BCUT2D eigenvalue weighted by Gasteiger charge is -2.29. The lowest BCUT2D eigenvalue weighted by atomic mass is 9.82. The van der Waals surface area contributed by atoms with Gasteiger partial charge in [0.15, 0.2) is 11.5 Å². The van der Waals surface area contributed by atoms with Gasteiger partial charge in [0, 0.05) is 6.07 Å². The van der Waals surface area contributed by atoms with Gasteiger partial charge in [0.25, 0.3) is 5.89 Å². The van der Waals surface area contributed by atoms with Crippen LogP contribution in [-0.2, 0) is 5.54 Å². The molecule has 0 aromatic carbocycles. The van der Waals surface area contributed by atoms with Crippen LogP contribution in [0.5, 0.6) is 0 Å². The summed E-state index contributed by atoms with van der Waals surface area (Å²) in [6, 6.07) is 1.77. The minimum absolute atomic E-state index is 0.372. The summed E-state index contributed by atoms with van der Waals surface area (Å²) in [5, 5.41) is 7.86. The van der Waals surface area contributed by atoms with E-state index in [0.29, 0.717) is 23.2 Å². The molecule has 0 saturated heterocycles. The summed E-state index contributed by atoms with van der Waals surface area (Å²) in [6.45, 7) is 1.82. The minimum Gasteiger partial charge on any atom is -0.361 e. The SMILES string of the molecule is Cc1cc(-c2nc(C3(N)CCCCC3)no2)no1. The molecule has 6 heteroatoms. The van der Waals surface area contributed by atoms with Crippen LogP contribution < -0.4 is 5.73 Å². The van der Waals surface area contributed by atoms with Crippen LogP contribution in [0, 0.1) is 6.92 Å². The molecule has 96 valence electrons. The molecular weight excluding hydrogens is 232 g/mol. The molecule has 0 spiro atoms. The normalized spacial score (nSPS) is 19.0. The first-order valence-electron chi connectivity index (χ1n) is 6.24. The van der Waals surface area contributed by atoms with Crippen LogP contribution in [-0.4, -0.2) is 15.3 Å². The van der Waals surface area contributed by atoms with Gasteiger partial charge in [-0.15, -0.1) is 0 Å². The van der Waals surface area contributed by atoms with Crippen molar-refractivity contribution in [3.8, 4) is 11.6 Å². The maximum atomic E-state index is 6.35. The molecule has 1 saturated carbocycles. The molecular formula is C12H16N4O2. The van der Waals surface area contributed by atoms with Crippen molar-refractivity contribution in [3.63, 3.8) is 0 Å². The van der Waals surface area contributed by atoms with E-state index in [1.165, 1.54) is 6.42 Å². The van der Waals surface area contributed by atoms with E-state index in [2.05, 4.69) is 15.3 Å². The third-order valence-corrected chi connectivity index (χ3v) is 3.46. The third kappa shape index (κ3) is 1.92. The second-order valence-electron chi connectivity index (χ2n) is 4.96. The highest BCUT2D eigenvalue weighted by molar-refractivity contribution is 5.45. The van der Waals surface area contributed by atoms with E-state index < -0.39 is 5.54 Å². The van der Waals surface area contributed by atoms with Gasteiger partial charge in [0.2, 0.25) is 0 Å². The second kappa shape index (κ2) is 4.20. The fraction of sp³-hybridized carbons (Fsp3) is 0.583. The molecule has 2 heterocycles. The van der Waals surface area contributed by atoms with E-state index in [1.807, 2.05) is 6.92 Å². The molecule has 1 aliphatic carbocycles. The van der Waals surface area contributed by atoms with Crippen molar-refractivity contribution in [3.05, 3.63) is 17.7 Å². The van der Waals surface area contributed by atoms with Crippen molar-refractivity contribution >= 4 is 0 Å². The van der Waals surface area contributed by atoms with Gasteiger partial charge in [-0.25, -0.2) is 0 Å². The van der Waals surface area contributed by atoms with Crippen LogP contribution in [0.25, 0.3) is 11.6 Å². The van der Waals surface area contributed by atoms with Crippen molar-refractivity contribution in [1.82, 2.24) is 15.3 Å². The fourth-order valence-electron chi connectivity index (χ4n) is 2.40. The van der Waals surface area contributed by atoms with Crippen LogP contribution in [0.2, 0.25) is 0 Å². The molecule has 2 N–H and O–H groups in total. The monoisotopic (exact) mass is 248 g/mol. The summed E-state index contributed by atoms with van der Waals surface area (Å²) in [4.78, 5) is 4.36. The van der Waals surface area contributed by atoms with Gasteiger partial charge in [-0.1, -0.05) is 29.6 Å². The van der Waals surface area contributed by atoms with E-state index in [1.54, 1.807) is 6.07 Å². The average Bonchev–Trinajstić information content (AvgIpc) is 2.98. The first kappa shape index (κ1) is 11.4. The highest BCUT2D eigenvalue weighted by Gasteiger charge is 2.34. The predicted molar refractivity (Wildman–Crippen MR) is 63.5 cm³/mol. The van der Waals surface area contributed by atoms with Gasteiger partial charge in [-0.05, 0) is 19.8 Å². The Labute approximate surface area is 105 Å². The molecule has 6 nitrogen and oxygen atoms in total. The Morgan fingerprint density at radius 1 is 1.17 bits per heavy atom. The molecule has 1 fully saturated rings.